The number of sulfonamides is 1. The number of nitrogens with zero attached hydrogens (tertiary/aromatic N) is 2. The maximum absolute atomic E-state index is 12.8. The van der Waals surface area contributed by atoms with Crippen molar-refractivity contribution in [2.45, 2.75) is 51.0 Å². The van der Waals surface area contributed by atoms with Crippen molar-refractivity contribution in [3.05, 3.63) is 23.8 Å². The van der Waals surface area contributed by atoms with Gasteiger partial charge in [-0.05, 0) is 55.9 Å². The normalized spacial score (nSPS) is 23.1. The van der Waals surface area contributed by atoms with Crippen LogP contribution in [0, 0.1) is 5.92 Å². The molecule has 3 rings (SSSR count). The third-order valence-corrected chi connectivity index (χ3v) is 6.88. The number of rotatable bonds is 2. The average molecular weight is 336 g/mol. The number of fused-ring (bicyclic) bond motifs is 1. The van der Waals surface area contributed by atoms with Crippen LogP contribution in [0.5, 0.6) is 0 Å². The summed E-state index contributed by atoms with van der Waals surface area (Å²) in [5.41, 5.74) is 1.79. The second-order valence-electron chi connectivity index (χ2n) is 6.82. The minimum atomic E-state index is -3.43. The fourth-order valence-corrected chi connectivity index (χ4v) is 5.14. The molecule has 2 heterocycles. The largest absolute Gasteiger partial charge is 0.309 e. The van der Waals surface area contributed by atoms with Crippen molar-refractivity contribution < 1.29 is 13.2 Å². The summed E-state index contributed by atoms with van der Waals surface area (Å²) in [6, 6.07) is 5.25. The van der Waals surface area contributed by atoms with Crippen molar-refractivity contribution >= 4 is 21.6 Å². The number of carbonyl (C=O) groups is 1. The lowest BCUT2D eigenvalue weighted by Crippen LogP contribution is -2.37. The molecule has 6 heteroatoms. The number of amides is 1. The summed E-state index contributed by atoms with van der Waals surface area (Å²) in [6.45, 7) is 6.89. The molecule has 0 saturated carbocycles. The second kappa shape index (κ2) is 5.91. The van der Waals surface area contributed by atoms with E-state index < -0.39 is 10.0 Å². The molecule has 23 heavy (non-hydrogen) atoms. The first kappa shape index (κ1) is 16.5. The van der Waals surface area contributed by atoms with Gasteiger partial charge in [0.2, 0.25) is 15.9 Å². The van der Waals surface area contributed by atoms with Crippen molar-refractivity contribution in [1.82, 2.24) is 4.31 Å². The number of carbonyl (C=O) groups excluding carboxylic acids is 1. The van der Waals surface area contributed by atoms with Gasteiger partial charge in [0.05, 0.1) is 4.90 Å². The summed E-state index contributed by atoms with van der Waals surface area (Å²) in [7, 11) is -3.43. The Balaban J connectivity index is 1.91. The quantitative estimate of drug-likeness (QED) is 0.833. The molecule has 0 bridgehead atoms. The van der Waals surface area contributed by atoms with E-state index in [1.54, 1.807) is 34.3 Å². The molecule has 2 aliphatic rings. The van der Waals surface area contributed by atoms with Crippen LogP contribution < -0.4 is 4.90 Å². The van der Waals surface area contributed by atoms with Crippen molar-refractivity contribution in [3.8, 4) is 0 Å². The number of hydrogen-bond donors (Lipinski definition) is 0. The van der Waals surface area contributed by atoms with E-state index in [1.165, 1.54) is 0 Å². The van der Waals surface area contributed by atoms with Gasteiger partial charge in [-0.2, -0.15) is 4.31 Å². The highest BCUT2D eigenvalue weighted by Gasteiger charge is 2.32. The highest BCUT2D eigenvalue weighted by atomic mass is 32.2. The minimum absolute atomic E-state index is 0.00289. The van der Waals surface area contributed by atoms with Crippen LogP contribution in [0.4, 0.5) is 5.69 Å². The summed E-state index contributed by atoms with van der Waals surface area (Å²) in [5.74, 6) is 0.586. The van der Waals surface area contributed by atoms with Gasteiger partial charge in [0.25, 0.3) is 0 Å². The van der Waals surface area contributed by atoms with Gasteiger partial charge in [0, 0.05) is 31.7 Å². The Labute approximate surface area is 138 Å². The Morgan fingerprint density at radius 3 is 2.43 bits per heavy atom. The molecule has 126 valence electrons. The molecule has 0 radical (unpaired) electrons. The molecule has 1 fully saturated rings. The van der Waals surface area contributed by atoms with E-state index in [1.807, 2.05) is 6.92 Å². The molecule has 0 unspecified atom stereocenters. The summed E-state index contributed by atoms with van der Waals surface area (Å²) < 4.78 is 27.3. The lowest BCUT2D eigenvalue weighted by Gasteiger charge is -2.29. The first-order chi connectivity index (χ1) is 10.8. The lowest BCUT2D eigenvalue weighted by atomic mass is 10.0. The van der Waals surface area contributed by atoms with Crippen molar-refractivity contribution in [3.63, 3.8) is 0 Å². The van der Waals surface area contributed by atoms with E-state index in [2.05, 4.69) is 6.92 Å². The molecule has 0 aliphatic carbocycles. The van der Waals surface area contributed by atoms with E-state index in [-0.39, 0.29) is 11.9 Å². The molecule has 1 amide bonds. The predicted molar refractivity (Wildman–Crippen MR) is 89.9 cm³/mol. The van der Waals surface area contributed by atoms with Crippen LogP contribution in [0.25, 0.3) is 0 Å². The van der Waals surface area contributed by atoms with Gasteiger partial charge >= 0.3 is 0 Å². The zero-order chi connectivity index (χ0) is 16.8. The minimum Gasteiger partial charge on any atom is -0.309 e. The molecule has 0 N–H and O–H groups in total. The Bertz CT molecular complexity index is 721. The Kier molecular flexibility index (Phi) is 4.23. The molecule has 1 aromatic rings. The van der Waals surface area contributed by atoms with Gasteiger partial charge in [0.15, 0.2) is 0 Å². The van der Waals surface area contributed by atoms with E-state index in [0.717, 1.165) is 24.1 Å². The number of benzene rings is 1. The molecule has 5 nitrogen and oxygen atoms in total. The van der Waals surface area contributed by atoms with Crippen molar-refractivity contribution in [2.75, 3.05) is 18.0 Å². The lowest BCUT2D eigenvalue weighted by molar-refractivity contribution is -0.116. The zero-order valence-electron chi connectivity index (χ0n) is 13.9. The molecule has 1 atom stereocenters. The smallest absolute Gasteiger partial charge is 0.243 e. The highest BCUT2D eigenvalue weighted by Crippen LogP contribution is 2.35. The summed E-state index contributed by atoms with van der Waals surface area (Å²) in [4.78, 5) is 13.9. The average Bonchev–Trinajstić information content (AvgIpc) is 2.82. The molecular formula is C17H24N2O3S. The molecule has 0 spiro atoms. The van der Waals surface area contributed by atoms with Crippen LogP contribution in [-0.4, -0.2) is 37.8 Å². The second-order valence-corrected chi connectivity index (χ2v) is 8.76. The number of anilines is 1. The summed E-state index contributed by atoms with van der Waals surface area (Å²) in [6.07, 6.45) is 2.54. The van der Waals surface area contributed by atoms with Crippen LogP contribution in [0.15, 0.2) is 23.1 Å². The first-order valence-corrected chi connectivity index (χ1v) is 9.67. The monoisotopic (exact) mass is 336 g/mol. The van der Waals surface area contributed by atoms with Crippen LogP contribution in [-0.2, 0) is 21.2 Å². The first-order valence-electron chi connectivity index (χ1n) is 8.23. The van der Waals surface area contributed by atoms with Gasteiger partial charge in [-0.1, -0.05) is 6.92 Å². The van der Waals surface area contributed by atoms with Gasteiger partial charge in [-0.3, -0.25) is 4.79 Å². The van der Waals surface area contributed by atoms with Crippen LogP contribution >= 0.6 is 0 Å². The molecular weight excluding hydrogens is 312 g/mol. The van der Waals surface area contributed by atoms with Crippen LogP contribution in [0.3, 0.4) is 0 Å². The standard InChI is InChI=1S/C17H24N2O3S/c1-12-6-8-18(9-7-12)23(21,22)16-4-5-17-15(11-16)10-13(2)19(17)14(3)20/h4-5,11-13H,6-10H2,1-3H3/t13-/m1/s1. The SMILES string of the molecule is CC(=O)N1c2ccc(S(=O)(=O)N3CCC(C)CC3)cc2C[C@H]1C. The maximum Gasteiger partial charge on any atom is 0.243 e. The van der Waals surface area contributed by atoms with Gasteiger partial charge < -0.3 is 4.90 Å². The van der Waals surface area contributed by atoms with E-state index in [4.69, 9.17) is 0 Å². The van der Waals surface area contributed by atoms with E-state index in [0.29, 0.717) is 30.3 Å². The molecule has 1 aromatic carbocycles. The molecule has 2 aliphatic heterocycles. The van der Waals surface area contributed by atoms with E-state index >= 15 is 0 Å². The Morgan fingerprint density at radius 2 is 1.83 bits per heavy atom. The summed E-state index contributed by atoms with van der Waals surface area (Å²) >= 11 is 0. The van der Waals surface area contributed by atoms with E-state index in [9.17, 15) is 13.2 Å². The van der Waals surface area contributed by atoms with Crippen molar-refractivity contribution in [1.29, 1.82) is 0 Å². The number of hydrogen-bond acceptors (Lipinski definition) is 3. The Hall–Kier alpha value is -1.40. The zero-order valence-corrected chi connectivity index (χ0v) is 14.8. The molecule has 0 aromatic heterocycles. The van der Waals surface area contributed by atoms with Crippen LogP contribution in [0.2, 0.25) is 0 Å². The van der Waals surface area contributed by atoms with Gasteiger partial charge in [-0.15, -0.1) is 0 Å². The highest BCUT2D eigenvalue weighted by molar-refractivity contribution is 7.89. The molecule has 1 saturated heterocycles. The predicted octanol–water partition coefficient (Wildman–Crippen LogP) is 2.40. The number of piperidine rings is 1. The Morgan fingerprint density at radius 1 is 1.17 bits per heavy atom. The third-order valence-electron chi connectivity index (χ3n) is 4.99. The summed E-state index contributed by atoms with van der Waals surface area (Å²) in [5, 5.41) is 0. The van der Waals surface area contributed by atoms with Gasteiger partial charge in [0.1, 0.15) is 0 Å². The van der Waals surface area contributed by atoms with Gasteiger partial charge in [-0.25, -0.2) is 8.42 Å². The van der Waals surface area contributed by atoms with Crippen LogP contribution in [0.1, 0.15) is 39.2 Å². The fraction of sp³-hybridized carbons (Fsp3) is 0.588. The van der Waals surface area contributed by atoms with Crippen molar-refractivity contribution in [2.24, 2.45) is 5.92 Å². The topological polar surface area (TPSA) is 57.7 Å². The maximum atomic E-state index is 12.8. The fourth-order valence-electron chi connectivity index (χ4n) is 3.62. The third kappa shape index (κ3) is 2.90.